The summed E-state index contributed by atoms with van der Waals surface area (Å²) in [5, 5.41) is 1.94. The predicted molar refractivity (Wildman–Crippen MR) is 127 cm³/mol. The van der Waals surface area contributed by atoms with Gasteiger partial charge in [-0.25, -0.2) is 4.98 Å². The van der Waals surface area contributed by atoms with Gasteiger partial charge in [-0.15, -0.1) is 0 Å². The smallest absolute Gasteiger partial charge is 0.296 e. The van der Waals surface area contributed by atoms with Crippen LogP contribution in [0, 0.1) is 6.92 Å². The van der Waals surface area contributed by atoms with Gasteiger partial charge in [0.15, 0.2) is 22.2 Å². The lowest BCUT2D eigenvalue weighted by molar-refractivity contribution is 0.0960. The molecule has 0 aliphatic heterocycles. The van der Waals surface area contributed by atoms with Crippen LogP contribution in [0.4, 0.5) is 5.13 Å². The third-order valence-electron chi connectivity index (χ3n) is 5.16. The molecule has 0 N–H and O–H groups in total. The van der Waals surface area contributed by atoms with E-state index in [0.29, 0.717) is 21.5 Å². The van der Waals surface area contributed by atoms with Gasteiger partial charge in [-0.2, -0.15) is 0 Å². The van der Waals surface area contributed by atoms with E-state index in [1.165, 1.54) is 11.3 Å². The van der Waals surface area contributed by atoms with Crippen molar-refractivity contribution >= 4 is 55.2 Å². The van der Waals surface area contributed by atoms with Crippen LogP contribution in [-0.2, 0) is 6.54 Å². The highest BCUT2D eigenvalue weighted by molar-refractivity contribution is 7.23. The Morgan fingerprint density at radius 1 is 1.22 bits per heavy atom. The van der Waals surface area contributed by atoms with E-state index in [1.54, 1.807) is 36.5 Å². The summed E-state index contributed by atoms with van der Waals surface area (Å²) in [6.45, 7) is 2.26. The highest BCUT2D eigenvalue weighted by Crippen LogP contribution is 2.37. The summed E-state index contributed by atoms with van der Waals surface area (Å²) < 4.78 is 12.2. The number of furan rings is 1. The van der Waals surface area contributed by atoms with Crippen molar-refractivity contribution < 1.29 is 13.9 Å². The molecule has 0 spiro atoms. The summed E-state index contributed by atoms with van der Waals surface area (Å²) in [4.78, 5) is 24.2. The van der Waals surface area contributed by atoms with Crippen LogP contribution >= 0.6 is 22.9 Å². The van der Waals surface area contributed by atoms with Crippen molar-refractivity contribution in [2.75, 3.05) is 12.0 Å². The Bertz CT molecular complexity index is 1410. The molecule has 3 aromatic heterocycles. The number of hydrogen-bond acceptors (Lipinski definition) is 6. The Morgan fingerprint density at radius 3 is 2.84 bits per heavy atom. The highest BCUT2D eigenvalue weighted by Gasteiger charge is 2.26. The number of para-hydroxylation sites is 1. The number of anilines is 1. The Morgan fingerprint density at radius 2 is 2.09 bits per heavy atom. The maximum absolute atomic E-state index is 13.7. The second kappa shape index (κ2) is 8.26. The van der Waals surface area contributed by atoms with Gasteiger partial charge in [0.1, 0.15) is 0 Å². The number of ether oxygens (including phenoxy) is 1. The molecule has 160 valence electrons. The first-order chi connectivity index (χ1) is 15.5. The van der Waals surface area contributed by atoms with Crippen molar-refractivity contribution in [1.29, 1.82) is 0 Å². The summed E-state index contributed by atoms with van der Waals surface area (Å²) in [5.74, 6) is 0.471. The van der Waals surface area contributed by atoms with Gasteiger partial charge in [-0.05, 0) is 42.3 Å². The molecule has 2 aromatic carbocycles. The third kappa shape index (κ3) is 3.59. The molecule has 0 atom stereocenters. The van der Waals surface area contributed by atoms with Gasteiger partial charge in [0, 0.05) is 17.8 Å². The number of hydrogen-bond donors (Lipinski definition) is 0. The zero-order valence-corrected chi connectivity index (χ0v) is 18.9. The lowest BCUT2D eigenvalue weighted by Crippen LogP contribution is -2.30. The monoisotopic (exact) mass is 463 g/mol. The number of nitrogens with zero attached hydrogens (tertiary/aromatic N) is 3. The van der Waals surface area contributed by atoms with Gasteiger partial charge in [-0.1, -0.05) is 47.2 Å². The van der Waals surface area contributed by atoms with Gasteiger partial charge in [0.05, 0.1) is 28.9 Å². The van der Waals surface area contributed by atoms with Gasteiger partial charge in [0.2, 0.25) is 0 Å². The Hall–Kier alpha value is -3.42. The molecule has 8 heteroatoms. The minimum atomic E-state index is -0.306. The van der Waals surface area contributed by atoms with Gasteiger partial charge >= 0.3 is 0 Å². The molecule has 0 saturated heterocycles. The minimum Gasteiger partial charge on any atom is -0.493 e. The van der Waals surface area contributed by atoms with Crippen molar-refractivity contribution in [3.8, 4) is 5.75 Å². The van der Waals surface area contributed by atoms with Crippen LogP contribution < -0.4 is 9.64 Å². The number of carbonyl (C=O) groups is 1. The van der Waals surface area contributed by atoms with E-state index >= 15 is 0 Å². The molecule has 0 radical (unpaired) electrons. The molecular formula is C24H18ClN3O3S. The first-order valence-electron chi connectivity index (χ1n) is 9.88. The van der Waals surface area contributed by atoms with Gasteiger partial charge in [-0.3, -0.25) is 14.7 Å². The Labute approximate surface area is 193 Å². The van der Waals surface area contributed by atoms with Crippen LogP contribution in [0.25, 0.3) is 21.2 Å². The molecule has 5 aromatic rings. The molecule has 6 nitrogen and oxygen atoms in total. The van der Waals surface area contributed by atoms with Crippen molar-refractivity contribution in [3.05, 3.63) is 82.8 Å². The van der Waals surface area contributed by atoms with E-state index in [-0.39, 0.29) is 18.2 Å². The average Bonchev–Trinajstić information content (AvgIpc) is 3.45. The first kappa shape index (κ1) is 20.5. The van der Waals surface area contributed by atoms with E-state index in [2.05, 4.69) is 4.98 Å². The topological polar surface area (TPSA) is 68.5 Å². The number of methoxy groups -OCH3 is 1. The summed E-state index contributed by atoms with van der Waals surface area (Å²) >= 11 is 7.79. The number of rotatable bonds is 5. The fraction of sp³-hybridized carbons (Fsp3) is 0.125. The van der Waals surface area contributed by atoms with E-state index in [1.807, 2.05) is 43.3 Å². The van der Waals surface area contributed by atoms with Crippen LogP contribution in [0.5, 0.6) is 5.75 Å². The summed E-state index contributed by atoms with van der Waals surface area (Å²) in [5.41, 5.74) is 3.18. The molecule has 0 fully saturated rings. The zero-order chi connectivity index (χ0) is 22.2. The number of aromatic nitrogens is 2. The first-order valence-corrected chi connectivity index (χ1v) is 11.1. The predicted octanol–water partition coefficient (Wildman–Crippen LogP) is 6.25. The number of aryl methyl sites for hydroxylation is 1. The second-order valence-corrected chi connectivity index (χ2v) is 8.67. The number of amides is 1. The highest BCUT2D eigenvalue weighted by atomic mass is 35.5. The number of thiazole rings is 1. The van der Waals surface area contributed by atoms with Crippen molar-refractivity contribution in [1.82, 2.24) is 9.97 Å². The van der Waals surface area contributed by atoms with E-state index in [9.17, 15) is 4.79 Å². The van der Waals surface area contributed by atoms with E-state index in [4.69, 9.17) is 25.7 Å². The molecule has 0 bridgehead atoms. The summed E-state index contributed by atoms with van der Waals surface area (Å²) in [6, 6.07) is 14.8. The normalized spacial score (nSPS) is 11.2. The summed E-state index contributed by atoms with van der Waals surface area (Å²) in [6.07, 6.45) is 3.43. The quantitative estimate of drug-likeness (QED) is 0.308. The van der Waals surface area contributed by atoms with Crippen molar-refractivity contribution in [3.63, 3.8) is 0 Å². The molecular weight excluding hydrogens is 446 g/mol. The number of halogens is 1. The van der Waals surface area contributed by atoms with E-state index in [0.717, 1.165) is 26.7 Å². The number of fused-ring (bicyclic) bond motifs is 2. The van der Waals surface area contributed by atoms with Crippen LogP contribution in [0.1, 0.15) is 21.7 Å². The Balaban J connectivity index is 1.62. The standard InChI is InChI=1S/C24H18ClN3O3S/c1-14-8-9-17(25)22-20(14)27-24(32-22)28(13-15-5-4-10-26-12-15)23(29)19-11-16-6-3-7-18(30-2)21(16)31-19/h3-12H,13H2,1-2H3. The van der Waals surface area contributed by atoms with E-state index < -0.39 is 0 Å². The third-order valence-corrected chi connectivity index (χ3v) is 6.70. The van der Waals surface area contributed by atoms with Crippen molar-refractivity contribution in [2.24, 2.45) is 0 Å². The fourth-order valence-electron chi connectivity index (χ4n) is 3.54. The molecule has 1 amide bonds. The molecule has 32 heavy (non-hydrogen) atoms. The lowest BCUT2D eigenvalue weighted by atomic mass is 10.2. The van der Waals surface area contributed by atoms with Crippen LogP contribution in [0.2, 0.25) is 5.02 Å². The maximum Gasteiger partial charge on any atom is 0.296 e. The number of pyridine rings is 1. The summed E-state index contributed by atoms with van der Waals surface area (Å²) in [7, 11) is 1.57. The van der Waals surface area contributed by atoms with Gasteiger partial charge in [0.25, 0.3) is 5.91 Å². The van der Waals surface area contributed by atoms with Crippen LogP contribution in [0.15, 0.2) is 65.3 Å². The SMILES string of the molecule is COc1cccc2cc(C(=O)N(Cc3cccnc3)c3nc4c(C)ccc(Cl)c4s3)oc12. The average molecular weight is 464 g/mol. The second-order valence-electron chi connectivity index (χ2n) is 7.28. The molecule has 0 saturated carbocycles. The largest absolute Gasteiger partial charge is 0.493 e. The number of carbonyl (C=O) groups excluding carboxylic acids is 1. The zero-order valence-electron chi connectivity index (χ0n) is 17.3. The molecule has 0 aliphatic rings. The lowest BCUT2D eigenvalue weighted by Gasteiger charge is -2.18. The fourth-order valence-corrected chi connectivity index (χ4v) is 4.86. The van der Waals surface area contributed by atoms with Crippen molar-refractivity contribution in [2.45, 2.75) is 13.5 Å². The molecule has 5 rings (SSSR count). The molecule has 0 aliphatic carbocycles. The van der Waals surface area contributed by atoms with Crippen LogP contribution in [0.3, 0.4) is 0 Å². The molecule has 0 unspecified atom stereocenters. The maximum atomic E-state index is 13.7. The Kier molecular flexibility index (Phi) is 5.28. The number of benzene rings is 2. The minimum absolute atomic E-state index is 0.204. The van der Waals surface area contributed by atoms with Crippen LogP contribution in [-0.4, -0.2) is 23.0 Å². The molecule has 3 heterocycles. The van der Waals surface area contributed by atoms with Gasteiger partial charge < -0.3 is 9.15 Å².